The number of carbonyl (C=O) groups is 1. The predicted molar refractivity (Wildman–Crippen MR) is 89.9 cm³/mol. The number of carbonyl (C=O) groups excluding carboxylic acids is 1. The van der Waals surface area contributed by atoms with Crippen LogP contribution in [0.15, 0.2) is 41.3 Å². The highest BCUT2D eigenvalue weighted by atomic mass is 35.5. The van der Waals surface area contributed by atoms with E-state index < -0.39 is 15.8 Å². The Labute approximate surface area is 144 Å². The molecule has 0 aromatic heterocycles. The van der Waals surface area contributed by atoms with Crippen molar-refractivity contribution in [1.82, 2.24) is 0 Å². The summed E-state index contributed by atoms with van der Waals surface area (Å²) < 4.78 is 28.4. The fourth-order valence-electron chi connectivity index (χ4n) is 1.91. The van der Waals surface area contributed by atoms with Crippen LogP contribution in [0.4, 0.5) is 0 Å². The minimum Gasteiger partial charge on any atom is -0.457 e. The smallest absolute Gasteiger partial charge is 0.338 e. The van der Waals surface area contributed by atoms with E-state index in [-0.39, 0.29) is 17.1 Å². The molecule has 0 N–H and O–H groups in total. The minimum absolute atomic E-state index is 0.0304. The fourth-order valence-corrected chi connectivity index (χ4v) is 3.02. The third kappa shape index (κ3) is 4.47. The lowest BCUT2D eigenvalue weighted by atomic mass is 10.1. The summed E-state index contributed by atoms with van der Waals surface area (Å²) in [6, 6.07) is 9.21. The first-order valence-electron chi connectivity index (χ1n) is 6.60. The molecule has 0 saturated carbocycles. The highest BCUT2D eigenvalue weighted by Crippen LogP contribution is 2.22. The quantitative estimate of drug-likeness (QED) is 0.759. The highest BCUT2D eigenvalue weighted by Gasteiger charge is 2.16. The van der Waals surface area contributed by atoms with Gasteiger partial charge in [0, 0.05) is 21.9 Å². The number of esters is 1. The van der Waals surface area contributed by atoms with E-state index in [1.54, 1.807) is 31.2 Å². The van der Waals surface area contributed by atoms with Gasteiger partial charge in [0.1, 0.15) is 6.61 Å². The van der Waals surface area contributed by atoms with E-state index in [4.69, 9.17) is 27.9 Å². The molecule has 2 rings (SSSR count). The Kier molecular flexibility index (Phi) is 5.34. The summed E-state index contributed by atoms with van der Waals surface area (Å²) >= 11 is 11.8. The van der Waals surface area contributed by atoms with Crippen LogP contribution in [0.25, 0.3) is 0 Å². The van der Waals surface area contributed by atoms with Gasteiger partial charge in [0.05, 0.1) is 10.5 Å². The number of halogens is 2. The Morgan fingerprint density at radius 2 is 1.83 bits per heavy atom. The average Bonchev–Trinajstić information content (AvgIpc) is 2.45. The van der Waals surface area contributed by atoms with Crippen molar-refractivity contribution in [2.75, 3.05) is 6.26 Å². The molecule has 4 nitrogen and oxygen atoms in total. The van der Waals surface area contributed by atoms with Crippen LogP contribution in [0.2, 0.25) is 10.0 Å². The summed E-state index contributed by atoms with van der Waals surface area (Å²) in [5.41, 5.74) is 1.45. The van der Waals surface area contributed by atoms with E-state index in [9.17, 15) is 13.2 Å². The van der Waals surface area contributed by atoms with Gasteiger partial charge in [-0.2, -0.15) is 0 Å². The summed E-state index contributed by atoms with van der Waals surface area (Å²) in [6.45, 7) is 1.68. The molecule has 122 valence electrons. The molecule has 23 heavy (non-hydrogen) atoms. The second kappa shape index (κ2) is 6.91. The number of ether oxygens (including phenoxy) is 1. The van der Waals surface area contributed by atoms with Gasteiger partial charge in [-0.05, 0) is 36.8 Å². The lowest BCUT2D eigenvalue weighted by Crippen LogP contribution is -2.09. The average molecular weight is 373 g/mol. The number of rotatable bonds is 4. The van der Waals surface area contributed by atoms with Crippen LogP contribution in [-0.4, -0.2) is 20.6 Å². The third-order valence-electron chi connectivity index (χ3n) is 3.23. The van der Waals surface area contributed by atoms with Gasteiger partial charge >= 0.3 is 5.97 Å². The largest absolute Gasteiger partial charge is 0.457 e. The van der Waals surface area contributed by atoms with E-state index in [1.807, 2.05) is 0 Å². The van der Waals surface area contributed by atoms with Crippen LogP contribution in [-0.2, 0) is 21.2 Å². The Hall–Kier alpha value is -1.56. The van der Waals surface area contributed by atoms with Gasteiger partial charge in [0.15, 0.2) is 9.84 Å². The number of hydrogen-bond acceptors (Lipinski definition) is 4. The molecule has 0 aliphatic carbocycles. The molecule has 0 aliphatic rings. The van der Waals surface area contributed by atoms with E-state index >= 15 is 0 Å². The van der Waals surface area contributed by atoms with Crippen LogP contribution < -0.4 is 0 Å². The monoisotopic (exact) mass is 372 g/mol. The number of sulfone groups is 1. The Balaban J connectivity index is 2.21. The third-order valence-corrected chi connectivity index (χ3v) is 4.93. The van der Waals surface area contributed by atoms with Crippen molar-refractivity contribution in [2.45, 2.75) is 18.4 Å². The van der Waals surface area contributed by atoms with Crippen molar-refractivity contribution >= 4 is 39.0 Å². The van der Waals surface area contributed by atoms with E-state index in [2.05, 4.69) is 0 Å². The van der Waals surface area contributed by atoms with E-state index in [0.29, 0.717) is 21.2 Å². The molecule has 2 aromatic rings. The number of aryl methyl sites for hydroxylation is 1. The van der Waals surface area contributed by atoms with Crippen LogP contribution in [0.1, 0.15) is 21.5 Å². The van der Waals surface area contributed by atoms with Gasteiger partial charge < -0.3 is 4.74 Å². The lowest BCUT2D eigenvalue weighted by Gasteiger charge is -2.10. The SMILES string of the molecule is Cc1ccc(S(C)(=O)=O)cc1C(=O)OCc1ccc(Cl)cc1Cl. The summed E-state index contributed by atoms with van der Waals surface area (Å²) in [6.07, 6.45) is 1.08. The normalized spacial score (nSPS) is 11.3. The first-order chi connectivity index (χ1) is 10.7. The van der Waals surface area contributed by atoms with Crippen LogP contribution in [0, 0.1) is 6.92 Å². The summed E-state index contributed by atoms with van der Waals surface area (Å²) in [7, 11) is -3.40. The number of hydrogen-bond donors (Lipinski definition) is 0. The van der Waals surface area contributed by atoms with Crippen molar-refractivity contribution in [3.05, 3.63) is 63.1 Å². The van der Waals surface area contributed by atoms with Crippen LogP contribution in [0.5, 0.6) is 0 Å². The van der Waals surface area contributed by atoms with Gasteiger partial charge in [-0.3, -0.25) is 0 Å². The molecule has 0 bridgehead atoms. The Morgan fingerprint density at radius 1 is 1.13 bits per heavy atom. The van der Waals surface area contributed by atoms with Gasteiger partial charge in [0.25, 0.3) is 0 Å². The first kappa shape index (κ1) is 17.8. The Bertz CT molecular complexity index is 860. The van der Waals surface area contributed by atoms with Gasteiger partial charge in [0.2, 0.25) is 0 Å². The zero-order valence-electron chi connectivity index (χ0n) is 12.5. The molecule has 0 radical (unpaired) electrons. The molecular formula is C16H14Cl2O4S. The van der Waals surface area contributed by atoms with Crippen molar-refractivity contribution in [2.24, 2.45) is 0 Å². The zero-order chi connectivity index (χ0) is 17.2. The predicted octanol–water partition coefficient (Wildman–Crippen LogP) is 4.06. The van der Waals surface area contributed by atoms with E-state index in [0.717, 1.165) is 6.26 Å². The molecule has 0 amide bonds. The molecule has 0 unspecified atom stereocenters. The molecule has 2 aromatic carbocycles. The molecule has 7 heteroatoms. The summed E-state index contributed by atoms with van der Waals surface area (Å²) in [5.74, 6) is -0.612. The lowest BCUT2D eigenvalue weighted by molar-refractivity contribution is 0.0471. The second-order valence-electron chi connectivity index (χ2n) is 5.06. The maximum absolute atomic E-state index is 12.2. The molecule has 0 saturated heterocycles. The van der Waals surface area contributed by atoms with Crippen LogP contribution >= 0.6 is 23.2 Å². The van der Waals surface area contributed by atoms with Crippen molar-refractivity contribution < 1.29 is 17.9 Å². The molecule has 0 heterocycles. The zero-order valence-corrected chi connectivity index (χ0v) is 14.8. The first-order valence-corrected chi connectivity index (χ1v) is 9.25. The standard InChI is InChI=1S/C16H14Cl2O4S/c1-10-3-6-13(23(2,20)21)8-14(10)16(19)22-9-11-4-5-12(17)7-15(11)18/h3-8H,9H2,1-2H3. The van der Waals surface area contributed by atoms with Crippen molar-refractivity contribution in [1.29, 1.82) is 0 Å². The molecule has 0 fully saturated rings. The second-order valence-corrected chi connectivity index (χ2v) is 7.92. The summed E-state index contributed by atoms with van der Waals surface area (Å²) in [5, 5.41) is 0.883. The molecule has 0 spiro atoms. The van der Waals surface area contributed by atoms with E-state index in [1.165, 1.54) is 12.1 Å². The summed E-state index contributed by atoms with van der Waals surface area (Å²) in [4.78, 5) is 12.3. The van der Waals surface area contributed by atoms with Gasteiger partial charge in [-0.1, -0.05) is 35.3 Å². The number of benzene rings is 2. The molecule has 0 aliphatic heterocycles. The minimum atomic E-state index is -3.40. The topological polar surface area (TPSA) is 60.4 Å². The molecular weight excluding hydrogens is 359 g/mol. The van der Waals surface area contributed by atoms with Crippen molar-refractivity contribution in [3.8, 4) is 0 Å². The maximum atomic E-state index is 12.2. The van der Waals surface area contributed by atoms with Crippen LogP contribution in [0.3, 0.4) is 0 Å². The molecule has 0 atom stereocenters. The van der Waals surface area contributed by atoms with Crippen molar-refractivity contribution in [3.63, 3.8) is 0 Å². The Morgan fingerprint density at radius 3 is 2.43 bits per heavy atom. The fraction of sp³-hybridized carbons (Fsp3) is 0.188. The highest BCUT2D eigenvalue weighted by molar-refractivity contribution is 7.90. The maximum Gasteiger partial charge on any atom is 0.338 e. The van der Waals surface area contributed by atoms with Gasteiger partial charge in [-0.15, -0.1) is 0 Å². The van der Waals surface area contributed by atoms with Gasteiger partial charge in [-0.25, -0.2) is 13.2 Å².